The number of hydrogen-bond acceptors (Lipinski definition) is 7. The summed E-state index contributed by atoms with van der Waals surface area (Å²) in [4.78, 5) is 42.5. The first-order valence-corrected chi connectivity index (χ1v) is 11.9. The lowest BCUT2D eigenvalue weighted by Gasteiger charge is -2.44. The third-order valence-corrected chi connectivity index (χ3v) is 7.48. The average molecular weight is 530 g/mol. The Labute approximate surface area is 211 Å². The van der Waals surface area contributed by atoms with E-state index >= 15 is 0 Å². The van der Waals surface area contributed by atoms with Gasteiger partial charge in [-0.25, -0.2) is 9.78 Å². The van der Waals surface area contributed by atoms with Gasteiger partial charge in [0.05, 0.1) is 29.2 Å². The number of anilines is 1. The summed E-state index contributed by atoms with van der Waals surface area (Å²) in [6.07, 6.45) is -5.47. The van der Waals surface area contributed by atoms with Crippen LogP contribution in [0.3, 0.4) is 0 Å². The lowest BCUT2D eigenvalue weighted by Crippen LogP contribution is -2.52. The molecule has 0 unspecified atom stereocenters. The molecule has 190 valence electrons. The third kappa shape index (κ3) is 4.44. The van der Waals surface area contributed by atoms with Crippen LogP contribution in [0.5, 0.6) is 5.75 Å². The summed E-state index contributed by atoms with van der Waals surface area (Å²) in [5, 5.41) is 20.4. The fourth-order valence-corrected chi connectivity index (χ4v) is 5.71. The number of nitrogens with zero attached hydrogens (tertiary/aromatic N) is 3. The summed E-state index contributed by atoms with van der Waals surface area (Å²) in [5.41, 5.74) is -1.38. The number of pyridine rings is 1. The SMILES string of the molecule is N#Cc1ccc2c(c1)C(=O)CC1(CCN(C(=O)c3c(NC(=O)O)sc4nc(C(F)(F)F)ccc34)CC1)O2. The minimum atomic E-state index is -4.70. The van der Waals surface area contributed by atoms with Crippen molar-refractivity contribution < 1.29 is 37.4 Å². The van der Waals surface area contributed by atoms with Crippen molar-refractivity contribution in [2.45, 2.75) is 31.0 Å². The number of alkyl halides is 3. The largest absolute Gasteiger partial charge is 0.486 e. The number of aromatic nitrogens is 1. The van der Waals surface area contributed by atoms with E-state index in [2.05, 4.69) is 10.3 Å². The van der Waals surface area contributed by atoms with Crippen LogP contribution in [0, 0.1) is 11.3 Å². The van der Waals surface area contributed by atoms with Gasteiger partial charge in [-0.2, -0.15) is 18.4 Å². The van der Waals surface area contributed by atoms with Gasteiger partial charge in [-0.1, -0.05) is 11.3 Å². The molecule has 0 aliphatic carbocycles. The van der Waals surface area contributed by atoms with Crippen molar-refractivity contribution in [3.8, 4) is 11.8 Å². The Morgan fingerprint density at radius 1 is 1.22 bits per heavy atom. The first-order valence-electron chi connectivity index (χ1n) is 11.1. The predicted molar refractivity (Wildman–Crippen MR) is 125 cm³/mol. The Bertz CT molecular complexity index is 1500. The van der Waals surface area contributed by atoms with Crippen molar-refractivity contribution in [2.24, 2.45) is 0 Å². The van der Waals surface area contributed by atoms with Gasteiger partial charge in [-0.15, -0.1) is 0 Å². The van der Waals surface area contributed by atoms with Crippen LogP contribution in [0.25, 0.3) is 10.2 Å². The van der Waals surface area contributed by atoms with E-state index in [9.17, 15) is 32.7 Å². The van der Waals surface area contributed by atoms with Crippen LogP contribution in [-0.4, -0.2) is 51.5 Å². The number of carboxylic acid groups (broad SMARTS) is 1. The molecule has 1 fully saturated rings. The van der Waals surface area contributed by atoms with Gasteiger partial charge in [0.25, 0.3) is 5.91 Å². The molecule has 13 heteroatoms. The van der Waals surface area contributed by atoms with E-state index in [-0.39, 0.29) is 46.1 Å². The Hall–Kier alpha value is -4.18. The molecule has 5 rings (SSSR count). The summed E-state index contributed by atoms with van der Waals surface area (Å²) >= 11 is 0.649. The standard InChI is InChI=1S/C24H17F3N4O5S/c25-24(26,27)17-4-2-13-18(20(30-22(34)35)37-19(13)29-17)21(33)31-7-5-23(6-8-31)10-15(32)14-9-12(11-28)1-3-16(14)36-23/h1-4,9,30H,5-8,10H2,(H,34,35). The molecule has 0 saturated carbocycles. The minimum Gasteiger partial charge on any atom is -0.486 e. The fourth-order valence-electron chi connectivity index (χ4n) is 4.65. The molecular formula is C24H17F3N4O5S. The molecule has 1 spiro atoms. The van der Waals surface area contributed by atoms with Crippen molar-refractivity contribution in [2.75, 3.05) is 18.4 Å². The number of benzene rings is 1. The van der Waals surface area contributed by atoms with E-state index in [1.165, 1.54) is 11.0 Å². The molecule has 2 aliphatic rings. The Morgan fingerprint density at radius 3 is 2.59 bits per heavy atom. The quantitative estimate of drug-likeness (QED) is 0.481. The number of hydrogen-bond donors (Lipinski definition) is 2. The van der Waals surface area contributed by atoms with Crippen molar-refractivity contribution in [1.29, 1.82) is 5.26 Å². The summed E-state index contributed by atoms with van der Waals surface area (Å²) in [6.45, 7) is 0.352. The number of ether oxygens (including phenoxy) is 1. The number of halogens is 3. The van der Waals surface area contributed by atoms with E-state index in [0.29, 0.717) is 41.1 Å². The number of ketones is 1. The number of nitrogens with one attached hydrogen (secondary N) is 1. The monoisotopic (exact) mass is 530 g/mol. The summed E-state index contributed by atoms with van der Waals surface area (Å²) in [7, 11) is 0. The van der Waals surface area contributed by atoms with Gasteiger partial charge >= 0.3 is 12.3 Å². The molecule has 0 radical (unpaired) electrons. The molecule has 3 aromatic rings. The molecule has 2 amide bonds. The maximum atomic E-state index is 13.5. The van der Waals surface area contributed by atoms with Gasteiger partial charge in [0.15, 0.2) is 5.78 Å². The molecule has 0 bridgehead atoms. The first-order chi connectivity index (χ1) is 17.5. The number of amides is 2. The molecule has 2 aromatic heterocycles. The Kier molecular flexibility index (Phi) is 5.79. The number of fused-ring (bicyclic) bond motifs is 2. The Morgan fingerprint density at radius 2 is 1.95 bits per heavy atom. The number of likely N-dealkylation sites (tertiary alicyclic amines) is 1. The molecule has 0 atom stereocenters. The number of piperidine rings is 1. The van der Waals surface area contributed by atoms with Gasteiger partial charge in [0, 0.05) is 31.3 Å². The maximum absolute atomic E-state index is 13.5. The second-order valence-corrected chi connectivity index (χ2v) is 9.78. The molecule has 1 saturated heterocycles. The molecule has 37 heavy (non-hydrogen) atoms. The summed E-state index contributed by atoms with van der Waals surface area (Å²) in [5.74, 6) is -0.354. The zero-order valence-electron chi connectivity index (χ0n) is 18.9. The van der Waals surface area contributed by atoms with Gasteiger partial charge in [-0.3, -0.25) is 14.9 Å². The highest BCUT2D eigenvalue weighted by molar-refractivity contribution is 7.23. The number of thiophene rings is 1. The maximum Gasteiger partial charge on any atom is 0.433 e. The van der Waals surface area contributed by atoms with Crippen molar-refractivity contribution >= 4 is 44.3 Å². The van der Waals surface area contributed by atoms with E-state index in [1.54, 1.807) is 12.1 Å². The highest BCUT2D eigenvalue weighted by atomic mass is 32.1. The van der Waals surface area contributed by atoms with Crippen LogP contribution in [-0.2, 0) is 6.18 Å². The first kappa shape index (κ1) is 24.5. The summed E-state index contributed by atoms with van der Waals surface area (Å²) in [6, 6.07) is 8.47. The third-order valence-electron chi connectivity index (χ3n) is 6.46. The zero-order valence-corrected chi connectivity index (χ0v) is 19.7. The van der Waals surface area contributed by atoms with Crippen LogP contribution in [0.1, 0.15) is 51.2 Å². The zero-order chi connectivity index (χ0) is 26.5. The highest BCUT2D eigenvalue weighted by Crippen LogP contribution is 2.42. The number of carbonyl (C=O) groups is 3. The summed E-state index contributed by atoms with van der Waals surface area (Å²) < 4.78 is 45.5. The van der Waals surface area contributed by atoms with E-state index in [1.807, 2.05) is 6.07 Å². The fraction of sp³-hybridized carbons (Fsp3) is 0.292. The van der Waals surface area contributed by atoms with Crippen LogP contribution < -0.4 is 10.1 Å². The van der Waals surface area contributed by atoms with Crippen LogP contribution >= 0.6 is 11.3 Å². The van der Waals surface area contributed by atoms with E-state index in [4.69, 9.17) is 10.00 Å². The van der Waals surface area contributed by atoms with Crippen molar-refractivity contribution in [3.05, 3.63) is 52.7 Å². The van der Waals surface area contributed by atoms with Gasteiger partial charge in [0.2, 0.25) is 0 Å². The van der Waals surface area contributed by atoms with E-state index in [0.717, 1.165) is 12.1 Å². The molecule has 4 heterocycles. The van der Waals surface area contributed by atoms with E-state index < -0.39 is 29.5 Å². The molecule has 2 N–H and O–H groups in total. The number of Topliss-reactive ketones (excluding diaryl/α,β-unsaturated/α-hetero) is 1. The number of rotatable bonds is 2. The lowest BCUT2D eigenvalue weighted by atomic mass is 9.82. The minimum absolute atomic E-state index is 0.0745. The second kappa shape index (κ2) is 8.74. The highest BCUT2D eigenvalue weighted by Gasteiger charge is 2.44. The lowest BCUT2D eigenvalue weighted by molar-refractivity contribution is -0.140. The van der Waals surface area contributed by atoms with Crippen molar-refractivity contribution in [3.63, 3.8) is 0 Å². The van der Waals surface area contributed by atoms with Gasteiger partial charge < -0.3 is 14.7 Å². The molecular weight excluding hydrogens is 513 g/mol. The number of carbonyl (C=O) groups excluding carboxylic acids is 2. The Balaban J connectivity index is 1.40. The predicted octanol–water partition coefficient (Wildman–Crippen LogP) is 4.92. The average Bonchev–Trinajstić information content (AvgIpc) is 3.19. The topological polar surface area (TPSA) is 133 Å². The van der Waals surface area contributed by atoms with Gasteiger partial charge in [-0.05, 0) is 30.3 Å². The molecule has 1 aromatic carbocycles. The van der Waals surface area contributed by atoms with Crippen LogP contribution in [0.4, 0.5) is 23.0 Å². The smallest absolute Gasteiger partial charge is 0.433 e. The van der Waals surface area contributed by atoms with Crippen LogP contribution in [0.2, 0.25) is 0 Å². The number of nitriles is 1. The van der Waals surface area contributed by atoms with Crippen LogP contribution in [0.15, 0.2) is 30.3 Å². The van der Waals surface area contributed by atoms with Crippen molar-refractivity contribution in [1.82, 2.24) is 9.88 Å². The molecule has 9 nitrogen and oxygen atoms in total. The molecule has 2 aliphatic heterocycles. The second-order valence-electron chi connectivity index (χ2n) is 8.78. The van der Waals surface area contributed by atoms with Gasteiger partial charge in [0.1, 0.15) is 26.9 Å². The normalized spacial score (nSPS) is 16.7.